The van der Waals surface area contributed by atoms with E-state index in [0.29, 0.717) is 6.61 Å². The van der Waals surface area contributed by atoms with E-state index in [-0.39, 0.29) is 0 Å². The number of ether oxygens (including phenoxy) is 1. The first-order valence-electron chi connectivity index (χ1n) is 7.09. The van der Waals surface area contributed by atoms with Gasteiger partial charge in [-0.15, -0.1) is 0 Å². The fourth-order valence-electron chi connectivity index (χ4n) is 1.92. The van der Waals surface area contributed by atoms with E-state index < -0.39 is 0 Å². The standard InChI is InChI=1S/C16H21N3O/c1-3-9-17-12-14-8-10-18-16(19-14)13-6-5-7-15(11-13)20-4-2/h5-8,10-11,17H,3-4,9,12H2,1-2H3. The summed E-state index contributed by atoms with van der Waals surface area (Å²) < 4.78 is 5.51. The van der Waals surface area contributed by atoms with Crippen LogP contribution < -0.4 is 10.1 Å². The molecule has 0 radical (unpaired) electrons. The molecule has 0 saturated heterocycles. The summed E-state index contributed by atoms with van der Waals surface area (Å²) in [5, 5.41) is 3.35. The fraction of sp³-hybridized carbons (Fsp3) is 0.375. The molecule has 0 aliphatic rings. The Kier molecular flexibility index (Phi) is 5.50. The second kappa shape index (κ2) is 7.60. The van der Waals surface area contributed by atoms with Crippen LogP contribution in [0.4, 0.5) is 0 Å². The molecular formula is C16H21N3O. The highest BCUT2D eigenvalue weighted by atomic mass is 16.5. The lowest BCUT2D eigenvalue weighted by molar-refractivity contribution is 0.340. The zero-order valence-electron chi connectivity index (χ0n) is 12.1. The summed E-state index contributed by atoms with van der Waals surface area (Å²) >= 11 is 0. The molecule has 0 amide bonds. The van der Waals surface area contributed by atoms with Crippen LogP contribution in [0.5, 0.6) is 5.75 Å². The van der Waals surface area contributed by atoms with Gasteiger partial charge in [0.25, 0.3) is 0 Å². The van der Waals surface area contributed by atoms with Gasteiger partial charge in [-0.1, -0.05) is 19.1 Å². The number of benzene rings is 1. The van der Waals surface area contributed by atoms with Crippen molar-refractivity contribution in [2.24, 2.45) is 0 Å². The van der Waals surface area contributed by atoms with Crippen LogP contribution in [-0.2, 0) is 6.54 Å². The molecule has 2 rings (SSSR count). The van der Waals surface area contributed by atoms with Gasteiger partial charge in [0.1, 0.15) is 5.75 Å². The summed E-state index contributed by atoms with van der Waals surface area (Å²) in [4.78, 5) is 8.93. The molecule has 20 heavy (non-hydrogen) atoms. The summed E-state index contributed by atoms with van der Waals surface area (Å²) in [5.41, 5.74) is 1.98. The van der Waals surface area contributed by atoms with Crippen molar-refractivity contribution in [3.63, 3.8) is 0 Å². The topological polar surface area (TPSA) is 47.0 Å². The highest BCUT2D eigenvalue weighted by Crippen LogP contribution is 2.20. The van der Waals surface area contributed by atoms with Gasteiger partial charge in [-0.25, -0.2) is 9.97 Å². The highest BCUT2D eigenvalue weighted by molar-refractivity contribution is 5.57. The zero-order chi connectivity index (χ0) is 14.2. The van der Waals surface area contributed by atoms with Gasteiger partial charge in [0.05, 0.1) is 12.3 Å². The minimum Gasteiger partial charge on any atom is -0.494 e. The van der Waals surface area contributed by atoms with E-state index in [1.165, 1.54) is 0 Å². The van der Waals surface area contributed by atoms with Crippen molar-refractivity contribution < 1.29 is 4.74 Å². The van der Waals surface area contributed by atoms with Gasteiger partial charge in [-0.3, -0.25) is 0 Å². The van der Waals surface area contributed by atoms with Gasteiger partial charge in [0.15, 0.2) is 5.82 Å². The van der Waals surface area contributed by atoms with Crippen molar-refractivity contribution in [2.45, 2.75) is 26.8 Å². The SMILES string of the molecule is CCCNCc1ccnc(-c2cccc(OCC)c2)n1. The van der Waals surface area contributed by atoms with Crippen molar-refractivity contribution in [2.75, 3.05) is 13.2 Å². The molecule has 1 aromatic heterocycles. The van der Waals surface area contributed by atoms with E-state index in [1.54, 1.807) is 6.20 Å². The third kappa shape index (κ3) is 4.03. The lowest BCUT2D eigenvalue weighted by Crippen LogP contribution is -2.15. The van der Waals surface area contributed by atoms with Gasteiger partial charge in [0.2, 0.25) is 0 Å². The largest absolute Gasteiger partial charge is 0.494 e. The number of aromatic nitrogens is 2. The quantitative estimate of drug-likeness (QED) is 0.786. The third-order valence-corrected chi connectivity index (χ3v) is 2.85. The maximum Gasteiger partial charge on any atom is 0.159 e. The molecule has 1 heterocycles. The maximum atomic E-state index is 5.51. The van der Waals surface area contributed by atoms with Crippen molar-refractivity contribution in [3.05, 3.63) is 42.2 Å². The molecule has 1 aromatic carbocycles. The van der Waals surface area contributed by atoms with Gasteiger partial charge >= 0.3 is 0 Å². The van der Waals surface area contributed by atoms with Gasteiger partial charge in [0, 0.05) is 18.3 Å². The molecule has 1 N–H and O–H groups in total. The van der Waals surface area contributed by atoms with E-state index in [4.69, 9.17) is 4.74 Å². The van der Waals surface area contributed by atoms with Crippen molar-refractivity contribution in [1.29, 1.82) is 0 Å². The second-order valence-electron chi connectivity index (χ2n) is 4.51. The monoisotopic (exact) mass is 271 g/mol. The van der Waals surface area contributed by atoms with E-state index in [1.807, 2.05) is 37.3 Å². The Morgan fingerprint density at radius 3 is 2.90 bits per heavy atom. The average molecular weight is 271 g/mol. The summed E-state index contributed by atoms with van der Waals surface area (Å²) in [6, 6.07) is 9.83. The number of nitrogens with one attached hydrogen (secondary N) is 1. The van der Waals surface area contributed by atoms with Crippen molar-refractivity contribution in [3.8, 4) is 17.1 Å². The molecule has 0 atom stereocenters. The van der Waals surface area contributed by atoms with E-state index in [0.717, 1.165) is 42.3 Å². The first-order chi connectivity index (χ1) is 9.83. The Hall–Kier alpha value is -1.94. The minimum absolute atomic E-state index is 0.658. The van der Waals surface area contributed by atoms with Crippen LogP contribution in [0.2, 0.25) is 0 Å². The summed E-state index contributed by atoms with van der Waals surface area (Å²) in [7, 11) is 0. The Bertz CT molecular complexity index is 543. The lowest BCUT2D eigenvalue weighted by Gasteiger charge is -2.07. The summed E-state index contributed by atoms with van der Waals surface area (Å²) in [6.07, 6.45) is 2.92. The van der Waals surface area contributed by atoms with E-state index >= 15 is 0 Å². The maximum absolute atomic E-state index is 5.51. The fourth-order valence-corrected chi connectivity index (χ4v) is 1.92. The number of hydrogen-bond donors (Lipinski definition) is 1. The summed E-state index contributed by atoms with van der Waals surface area (Å²) in [6.45, 7) is 6.56. The molecule has 0 saturated carbocycles. The molecule has 0 aliphatic carbocycles. The third-order valence-electron chi connectivity index (χ3n) is 2.85. The minimum atomic E-state index is 0.658. The first-order valence-corrected chi connectivity index (χ1v) is 7.09. The Labute approximate surface area is 120 Å². The Morgan fingerprint density at radius 2 is 2.10 bits per heavy atom. The smallest absolute Gasteiger partial charge is 0.159 e. The van der Waals surface area contributed by atoms with E-state index in [2.05, 4.69) is 22.2 Å². The normalized spacial score (nSPS) is 10.5. The van der Waals surface area contributed by atoms with Crippen LogP contribution in [0.1, 0.15) is 26.0 Å². The highest BCUT2D eigenvalue weighted by Gasteiger charge is 2.04. The number of hydrogen-bond acceptors (Lipinski definition) is 4. The first kappa shape index (κ1) is 14.5. The zero-order valence-corrected chi connectivity index (χ0v) is 12.1. The molecule has 0 aliphatic heterocycles. The second-order valence-corrected chi connectivity index (χ2v) is 4.51. The summed E-state index contributed by atoms with van der Waals surface area (Å²) in [5.74, 6) is 1.59. The Balaban J connectivity index is 2.15. The Morgan fingerprint density at radius 1 is 1.20 bits per heavy atom. The van der Waals surface area contributed by atoms with Gasteiger partial charge in [-0.05, 0) is 38.1 Å². The van der Waals surface area contributed by atoms with Crippen LogP contribution in [0, 0.1) is 0 Å². The predicted molar refractivity (Wildman–Crippen MR) is 80.6 cm³/mol. The van der Waals surface area contributed by atoms with Crippen LogP contribution >= 0.6 is 0 Å². The van der Waals surface area contributed by atoms with Crippen LogP contribution in [0.3, 0.4) is 0 Å². The molecule has 2 aromatic rings. The molecular weight excluding hydrogens is 250 g/mol. The predicted octanol–water partition coefficient (Wildman–Crippen LogP) is 3.04. The van der Waals surface area contributed by atoms with Crippen LogP contribution in [-0.4, -0.2) is 23.1 Å². The van der Waals surface area contributed by atoms with Crippen LogP contribution in [0.25, 0.3) is 11.4 Å². The number of rotatable bonds is 7. The molecule has 0 spiro atoms. The molecule has 0 fully saturated rings. The average Bonchev–Trinajstić information content (AvgIpc) is 2.49. The number of nitrogens with zero attached hydrogens (tertiary/aromatic N) is 2. The molecule has 0 bridgehead atoms. The lowest BCUT2D eigenvalue weighted by atomic mass is 10.2. The van der Waals surface area contributed by atoms with E-state index in [9.17, 15) is 0 Å². The van der Waals surface area contributed by atoms with Gasteiger partial charge in [-0.2, -0.15) is 0 Å². The molecule has 106 valence electrons. The molecule has 4 heteroatoms. The molecule has 4 nitrogen and oxygen atoms in total. The van der Waals surface area contributed by atoms with Gasteiger partial charge < -0.3 is 10.1 Å². The van der Waals surface area contributed by atoms with Crippen LogP contribution in [0.15, 0.2) is 36.5 Å². The van der Waals surface area contributed by atoms with Crippen molar-refractivity contribution >= 4 is 0 Å². The van der Waals surface area contributed by atoms with Crippen molar-refractivity contribution in [1.82, 2.24) is 15.3 Å². The molecule has 0 unspecified atom stereocenters.